The van der Waals surface area contributed by atoms with Crippen molar-refractivity contribution in [2.24, 2.45) is 5.73 Å². The Balaban J connectivity index is 3.26. The first-order valence-corrected chi connectivity index (χ1v) is 6.35. The molecule has 18 heavy (non-hydrogen) atoms. The average Bonchev–Trinajstić information content (AvgIpc) is 2.40. The summed E-state index contributed by atoms with van der Waals surface area (Å²) in [5.74, 6) is 1.36. The molecular formula is C13H21ClN2O2. The first-order valence-electron chi connectivity index (χ1n) is 5.97. The molecule has 4 nitrogen and oxygen atoms in total. The molecule has 0 fully saturated rings. The third-order valence-electron chi connectivity index (χ3n) is 2.98. The van der Waals surface area contributed by atoms with Crippen molar-refractivity contribution in [2.75, 3.05) is 32.2 Å². The summed E-state index contributed by atoms with van der Waals surface area (Å²) >= 11 is 6.09. The van der Waals surface area contributed by atoms with Gasteiger partial charge in [0.15, 0.2) is 0 Å². The number of rotatable bonds is 6. The van der Waals surface area contributed by atoms with E-state index in [4.69, 9.17) is 26.8 Å². The van der Waals surface area contributed by atoms with Crippen molar-refractivity contribution in [2.45, 2.75) is 19.9 Å². The molecule has 102 valence electrons. The largest absolute Gasteiger partial charge is 0.495 e. The Morgan fingerprint density at radius 3 is 2.33 bits per heavy atom. The SMILES string of the molecule is CCN(c1cc(OC)c(Cl)cc1OC)C(C)CN. The summed E-state index contributed by atoms with van der Waals surface area (Å²) in [6.07, 6.45) is 0. The molecular weight excluding hydrogens is 252 g/mol. The van der Waals surface area contributed by atoms with E-state index < -0.39 is 0 Å². The minimum absolute atomic E-state index is 0.217. The minimum atomic E-state index is 0.217. The van der Waals surface area contributed by atoms with Gasteiger partial charge in [0.25, 0.3) is 0 Å². The molecule has 0 radical (unpaired) electrons. The summed E-state index contributed by atoms with van der Waals surface area (Å²) in [5, 5.41) is 0.537. The van der Waals surface area contributed by atoms with Crippen molar-refractivity contribution in [3.8, 4) is 11.5 Å². The van der Waals surface area contributed by atoms with Gasteiger partial charge in [-0.3, -0.25) is 0 Å². The molecule has 2 N–H and O–H groups in total. The number of benzene rings is 1. The topological polar surface area (TPSA) is 47.7 Å². The molecule has 1 aromatic carbocycles. The molecule has 0 aliphatic heterocycles. The van der Waals surface area contributed by atoms with E-state index in [1.165, 1.54) is 0 Å². The van der Waals surface area contributed by atoms with Gasteiger partial charge in [-0.15, -0.1) is 0 Å². The molecule has 0 saturated carbocycles. The van der Waals surface area contributed by atoms with E-state index >= 15 is 0 Å². The molecule has 0 aliphatic carbocycles. The second-order valence-electron chi connectivity index (χ2n) is 4.03. The second kappa shape index (κ2) is 6.71. The summed E-state index contributed by atoms with van der Waals surface area (Å²) in [4.78, 5) is 2.16. The number of hydrogen-bond acceptors (Lipinski definition) is 4. The van der Waals surface area contributed by atoms with Crippen molar-refractivity contribution in [3.63, 3.8) is 0 Å². The number of nitrogens with two attached hydrogens (primary N) is 1. The molecule has 0 aliphatic rings. The van der Waals surface area contributed by atoms with Gasteiger partial charge in [0.1, 0.15) is 11.5 Å². The van der Waals surface area contributed by atoms with Crippen LogP contribution in [0.15, 0.2) is 12.1 Å². The summed E-state index contributed by atoms with van der Waals surface area (Å²) < 4.78 is 10.6. The van der Waals surface area contributed by atoms with Gasteiger partial charge in [0.05, 0.1) is 24.9 Å². The number of anilines is 1. The Hall–Kier alpha value is -1.13. The number of likely N-dealkylation sites (N-methyl/N-ethyl adjacent to an activating group) is 1. The highest BCUT2D eigenvalue weighted by Gasteiger charge is 2.18. The maximum absolute atomic E-state index is 6.09. The van der Waals surface area contributed by atoms with Crippen molar-refractivity contribution in [3.05, 3.63) is 17.2 Å². The van der Waals surface area contributed by atoms with Crippen LogP contribution in [0, 0.1) is 0 Å². The monoisotopic (exact) mass is 272 g/mol. The van der Waals surface area contributed by atoms with Crippen LogP contribution in [0.1, 0.15) is 13.8 Å². The van der Waals surface area contributed by atoms with Crippen LogP contribution in [0.2, 0.25) is 5.02 Å². The fraction of sp³-hybridized carbons (Fsp3) is 0.538. The van der Waals surface area contributed by atoms with Gasteiger partial charge < -0.3 is 20.1 Å². The van der Waals surface area contributed by atoms with Crippen LogP contribution >= 0.6 is 11.6 Å². The lowest BCUT2D eigenvalue weighted by Crippen LogP contribution is -2.38. The average molecular weight is 273 g/mol. The predicted molar refractivity (Wildman–Crippen MR) is 76.1 cm³/mol. The predicted octanol–water partition coefficient (Wildman–Crippen LogP) is 2.53. The van der Waals surface area contributed by atoms with Gasteiger partial charge >= 0.3 is 0 Å². The zero-order valence-electron chi connectivity index (χ0n) is 11.4. The molecule has 1 rings (SSSR count). The quantitative estimate of drug-likeness (QED) is 0.865. The molecule has 0 amide bonds. The summed E-state index contributed by atoms with van der Waals surface area (Å²) in [6.45, 7) is 5.55. The second-order valence-corrected chi connectivity index (χ2v) is 4.44. The first-order chi connectivity index (χ1) is 8.58. The normalized spacial score (nSPS) is 12.1. The molecule has 1 aromatic rings. The maximum atomic E-state index is 6.09. The van der Waals surface area contributed by atoms with E-state index in [0.29, 0.717) is 17.3 Å². The van der Waals surface area contributed by atoms with Crippen molar-refractivity contribution in [1.29, 1.82) is 0 Å². The van der Waals surface area contributed by atoms with Crippen molar-refractivity contribution in [1.82, 2.24) is 0 Å². The number of methoxy groups -OCH3 is 2. The van der Waals surface area contributed by atoms with Crippen LogP contribution in [0.5, 0.6) is 11.5 Å². The van der Waals surface area contributed by atoms with Crippen LogP contribution in [-0.2, 0) is 0 Å². The summed E-state index contributed by atoms with van der Waals surface area (Å²) in [5.41, 5.74) is 6.68. The van der Waals surface area contributed by atoms with Crippen LogP contribution < -0.4 is 20.1 Å². The minimum Gasteiger partial charge on any atom is -0.495 e. The van der Waals surface area contributed by atoms with Gasteiger partial charge in [-0.2, -0.15) is 0 Å². The van der Waals surface area contributed by atoms with E-state index in [1.54, 1.807) is 20.3 Å². The lowest BCUT2D eigenvalue weighted by molar-refractivity contribution is 0.402. The fourth-order valence-electron chi connectivity index (χ4n) is 1.92. The highest BCUT2D eigenvalue weighted by atomic mass is 35.5. The smallest absolute Gasteiger partial charge is 0.143 e. The van der Waals surface area contributed by atoms with Crippen molar-refractivity contribution < 1.29 is 9.47 Å². The van der Waals surface area contributed by atoms with E-state index in [0.717, 1.165) is 18.0 Å². The highest BCUT2D eigenvalue weighted by Crippen LogP contribution is 2.38. The Kier molecular flexibility index (Phi) is 5.56. The zero-order chi connectivity index (χ0) is 13.7. The van der Waals surface area contributed by atoms with E-state index in [-0.39, 0.29) is 6.04 Å². The molecule has 1 atom stereocenters. The Labute approximate surface area is 114 Å². The number of ether oxygens (including phenoxy) is 2. The molecule has 0 bridgehead atoms. The van der Waals surface area contributed by atoms with Crippen LogP contribution in [0.3, 0.4) is 0 Å². The van der Waals surface area contributed by atoms with Crippen molar-refractivity contribution >= 4 is 17.3 Å². The lowest BCUT2D eigenvalue weighted by Gasteiger charge is -2.31. The lowest BCUT2D eigenvalue weighted by atomic mass is 10.2. The summed E-state index contributed by atoms with van der Waals surface area (Å²) in [7, 11) is 3.22. The van der Waals surface area contributed by atoms with Gasteiger partial charge in [-0.25, -0.2) is 0 Å². The van der Waals surface area contributed by atoms with Gasteiger partial charge in [-0.1, -0.05) is 11.6 Å². The van der Waals surface area contributed by atoms with Crippen LogP contribution in [-0.4, -0.2) is 33.4 Å². The highest BCUT2D eigenvalue weighted by molar-refractivity contribution is 6.32. The molecule has 1 unspecified atom stereocenters. The standard InChI is InChI=1S/C13H21ClN2O2/c1-5-16(9(2)8-15)11-7-12(17-3)10(14)6-13(11)18-4/h6-7,9H,5,8,15H2,1-4H3. The molecule has 0 saturated heterocycles. The zero-order valence-corrected chi connectivity index (χ0v) is 12.1. The van der Waals surface area contributed by atoms with Crippen LogP contribution in [0.4, 0.5) is 5.69 Å². The number of hydrogen-bond donors (Lipinski definition) is 1. The maximum Gasteiger partial charge on any atom is 0.143 e. The molecule has 0 spiro atoms. The summed E-state index contributed by atoms with van der Waals surface area (Å²) in [6, 6.07) is 3.87. The molecule has 0 heterocycles. The molecule has 0 aromatic heterocycles. The van der Waals surface area contributed by atoms with Gasteiger partial charge in [-0.05, 0) is 13.8 Å². The Morgan fingerprint density at radius 2 is 1.89 bits per heavy atom. The Morgan fingerprint density at radius 1 is 1.28 bits per heavy atom. The first kappa shape index (κ1) is 14.9. The van der Waals surface area contributed by atoms with E-state index in [1.807, 2.05) is 6.07 Å². The third-order valence-corrected chi connectivity index (χ3v) is 3.27. The Bertz CT molecular complexity index is 399. The fourth-order valence-corrected chi connectivity index (χ4v) is 2.15. The van der Waals surface area contributed by atoms with E-state index in [2.05, 4.69) is 18.7 Å². The molecule has 5 heteroatoms. The van der Waals surface area contributed by atoms with E-state index in [9.17, 15) is 0 Å². The van der Waals surface area contributed by atoms with Gasteiger partial charge in [0, 0.05) is 31.3 Å². The number of nitrogens with zero attached hydrogens (tertiary/aromatic N) is 1. The number of halogens is 1. The van der Waals surface area contributed by atoms with Crippen LogP contribution in [0.25, 0.3) is 0 Å². The third kappa shape index (κ3) is 3.00. The van der Waals surface area contributed by atoms with Gasteiger partial charge in [0.2, 0.25) is 0 Å².